The van der Waals surface area contributed by atoms with Crippen molar-refractivity contribution in [2.24, 2.45) is 0 Å². The normalized spacial score (nSPS) is 13.5. The zero-order valence-corrected chi connectivity index (χ0v) is 28.9. The zero-order chi connectivity index (χ0) is 34.0. The minimum absolute atomic E-state index is 0.348. The molecule has 240 valence electrons. The summed E-state index contributed by atoms with van der Waals surface area (Å²) >= 11 is 1.90. The Bertz CT molecular complexity index is 3070. The van der Waals surface area contributed by atoms with Crippen LogP contribution in [0, 0.1) is 0 Å². The highest BCUT2D eigenvalue weighted by atomic mass is 32.1. The number of pyridine rings is 1. The van der Waals surface area contributed by atoms with Gasteiger partial charge in [-0.1, -0.05) is 152 Å². The summed E-state index contributed by atoms with van der Waals surface area (Å²) in [6.45, 7) is 0. The second-order valence-corrected chi connectivity index (χ2v) is 15.2. The van der Waals surface area contributed by atoms with Gasteiger partial charge in [-0.2, -0.15) is 0 Å². The highest BCUT2D eigenvalue weighted by Gasteiger charge is 2.51. The van der Waals surface area contributed by atoms with Gasteiger partial charge in [0.1, 0.15) is 0 Å². The molecule has 0 saturated heterocycles. The van der Waals surface area contributed by atoms with E-state index in [1.54, 1.807) is 0 Å². The minimum Gasteiger partial charge on any atom is -0.247 e. The SMILES string of the molecule is c1ccc(-c2nc3ccccc3c3c2ccc2c4cc(-c5ccc6c(c5)C5(c7ccccc7-c7ccccc75)c5ccccc5-6)ccc4sc23)cc1. The van der Waals surface area contributed by atoms with Gasteiger partial charge < -0.3 is 0 Å². The van der Waals surface area contributed by atoms with Crippen LogP contribution in [0.4, 0.5) is 0 Å². The van der Waals surface area contributed by atoms with Gasteiger partial charge in [-0.3, -0.25) is 0 Å². The van der Waals surface area contributed by atoms with E-state index in [0.717, 1.165) is 16.8 Å². The van der Waals surface area contributed by atoms with E-state index in [1.807, 2.05) is 11.3 Å². The Morgan fingerprint density at radius 2 is 0.962 bits per heavy atom. The fourth-order valence-electron chi connectivity index (χ4n) is 9.54. The predicted molar refractivity (Wildman–Crippen MR) is 219 cm³/mol. The van der Waals surface area contributed by atoms with Crippen LogP contribution in [0.15, 0.2) is 176 Å². The summed E-state index contributed by atoms with van der Waals surface area (Å²) in [5, 5.41) is 6.30. The first-order chi connectivity index (χ1) is 25.8. The molecule has 1 nitrogen and oxygen atoms in total. The molecule has 0 unspecified atom stereocenters. The Morgan fingerprint density at radius 3 is 1.69 bits per heavy atom. The first-order valence-electron chi connectivity index (χ1n) is 18.0. The van der Waals surface area contributed by atoms with Crippen LogP contribution in [-0.4, -0.2) is 4.98 Å². The number of aromatic nitrogens is 1. The van der Waals surface area contributed by atoms with E-state index in [4.69, 9.17) is 4.98 Å². The number of para-hydroxylation sites is 1. The van der Waals surface area contributed by atoms with Gasteiger partial charge in [0.2, 0.25) is 0 Å². The number of benzene rings is 8. The summed E-state index contributed by atoms with van der Waals surface area (Å²) in [6, 6.07) is 65.2. The number of rotatable bonds is 2. The van der Waals surface area contributed by atoms with Gasteiger partial charge >= 0.3 is 0 Å². The molecule has 2 heterocycles. The molecule has 1 spiro atoms. The van der Waals surface area contributed by atoms with Crippen LogP contribution in [0.25, 0.3) is 86.5 Å². The standard InChI is InChI=1S/C50H29NS/c1-2-12-30(13-3-1)48-39-26-25-37-40-28-31(23-27-46(40)52-49(37)47(39)38-17-7-11-21-45(38)51-48)32-22-24-36-35-16-6-10-20-43(35)50(44(36)29-32)41-18-8-4-14-33(41)34-15-5-9-19-42(34)50/h1-29H. The van der Waals surface area contributed by atoms with Crippen LogP contribution in [0.2, 0.25) is 0 Å². The van der Waals surface area contributed by atoms with Crippen molar-refractivity contribution in [1.29, 1.82) is 0 Å². The van der Waals surface area contributed by atoms with E-state index in [-0.39, 0.29) is 5.41 Å². The van der Waals surface area contributed by atoms with Crippen molar-refractivity contribution in [1.82, 2.24) is 4.98 Å². The fraction of sp³-hybridized carbons (Fsp3) is 0.0200. The number of nitrogens with zero attached hydrogens (tertiary/aromatic N) is 1. The van der Waals surface area contributed by atoms with Crippen molar-refractivity contribution in [2.75, 3.05) is 0 Å². The quantitative estimate of drug-likeness (QED) is 0.166. The average Bonchev–Trinajstić information content (AvgIpc) is 3.84. The molecule has 2 aliphatic carbocycles. The average molecular weight is 676 g/mol. The van der Waals surface area contributed by atoms with E-state index >= 15 is 0 Å². The van der Waals surface area contributed by atoms with Crippen LogP contribution in [0.1, 0.15) is 22.3 Å². The number of hydrogen-bond donors (Lipinski definition) is 0. The largest absolute Gasteiger partial charge is 0.247 e. The minimum atomic E-state index is -0.348. The molecule has 0 fully saturated rings. The lowest BCUT2D eigenvalue weighted by molar-refractivity contribution is 0.794. The molecule has 0 radical (unpaired) electrons. The molecule has 0 aliphatic heterocycles. The second kappa shape index (κ2) is 10.4. The smallest absolute Gasteiger partial charge is 0.0788 e. The molecule has 2 aromatic heterocycles. The van der Waals surface area contributed by atoms with Crippen molar-refractivity contribution >= 4 is 53.2 Å². The lowest BCUT2D eigenvalue weighted by atomic mass is 9.70. The lowest BCUT2D eigenvalue weighted by Gasteiger charge is -2.30. The summed E-state index contributed by atoms with van der Waals surface area (Å²) in [5.41, 5.74) is 16.2. The molecular weight excluding hydrogens is 647 g/mol. The molecule has 12 rings (SSSR count). The summed E-state index contributed by atoms with van der Waals surface area (Å²) < 4.78 is 2.63. The first-order valence-corrected chi connectivity index (χ1v) is 18.8. The van der Waals surface area contributed by atoms with E-state index < -0.39 is 0 Å². The van der Waals surface area contributed by atoms with Crippen molar-refractivity contribution in [3.8, 4) is 44.6 Å². The zero-order valence-electron chi connectivity index (χ0n) is 28.1. The molecule has 52 heavy (non-hydrogen) atoms. The van der Waals surface area contributed by atoms with Gasteiger partial charge in [-0.25, -0.2) is 4.98 Å². The Labute approximate surface area is 305 Å². The van der Waals surface area contributed by atoms with E-state index in [0.29, 0.717) is 0 Å². The highest BCUT2D eigenvalue weighted by Crippen LogP contribution is 2.63. The van der Waals surface area contributed by atoms with Crippen molar-refractivity contribution in [3.63, 3.8) is 0 Å². The third kappa shape index (κ3) is 3.59. The van der Waals surface area contributed by atoms with Gasteiger partial charge in [0.15, 0.2) is 0 Å². The summed E-state index contributed by atoms with van der Waals surface area (Å²) in [5.74, 6) is 0. The topological polar surface area (TPSA) is 12.9 Å². The molecule has 0 amide bonds. The van der Waals surface area contributed by atoms with Crippen LogP contribution in [0.5, 0.6) is 0 Å². The van der Waals surface area contributed by atoms with Crippen molar-refractivity contribution in [3.05, 3.63) is 198 Å². The van der Waals surface area contributed by atoms with Crippen molar-refractivity contribution < 1.29 is 0 Å². The fourth-order valence-corrected chi connectivity index (χ4v) is 10.8. The third-order valence-corrected chi connectivity index (χ3v) is 12.9. The number of thiophene rings is 1. The Hall–Kier alpha value is -6.35. The van der Waals surface area contributed by atoms with Gasteiger partial charge in [-0.05, 0) is 79.9 Å². The Kier molecular flexibility index (Phi) is 5.65. The monoisotopic (exact) mass is 675 g/mol. The van der Waals surface area contributed by atoms with Crippen LogP contribution in [0.3, 0.4) is 0 Å². The molecule has 10 aromatic rings. The molecule has 0 atom stereocenters. The molecule has 0 bridgehead atoms. The van der Waals surface area contributed by atoms with Crippen LogP contribution < -0.4 is 0 Å². The first kappa shape index (κ1) is 28.4. The van der Waals surface area contributed by atoms with Crippen molar-refractivity contribution in [2.45, 2.75) is 5.41 Å². The Morgan fingerprint density at radius 1 is 0.385 bits per heavy atom. The van der Waals surface area contributed by atoms with Gasteiger partial charge in [0.05, 0.1) is 16.6 Å². The molecule has 2 heteroatoms. The predicted octanol–water partition coefficient (Wildman–Crippen LogP) is 13.4. The number of fused-ring (bicyclic) bond motifs is 17. The summed E-state index contributed by atoms with van der Waals surface area (Å²) in [7, 11) is 0. The van der Waals surface area contributed by atoms with Gasteiger partial charge in [0.25, 0.3) is 0 Å². The molecular formula is C50H29NS. The summed E-state index contributed by atoms with van der Waals surface area (Å²) in [4.78, 5) is 5.19. The number of hydrogen-bond acceptors (Lipinski definition) is 2. The molecule has 0 N–H and O–H groups in total. The molecule has 0 saturated carbocycles. The van der Waals surface area contributed by atoms with Crippen LogP contribution in [-0.2, 0) is 5.41 Å². The maximum Gasteiger partial charge on any atom is 0.0788 e. The van der Waals surface area contributed by atoms with E-state index in [9.17, 15) is 0 Å². The maximum absolute atomic E-state index is 5.19. The van der Waals surface area contributed by atoms with E-state index in [1.165, 1.54) is 92.0 Å². The van der Waals surface area contributed by atoms with Crippen LogP contribution >= 0.6 is 11.3 Å². The van der Waals surface area contributed by atoms with Gasteiger partial charge in [0, 0.05) is 41.9 Å². The van der Waals surface area contributed by atoms with Gasteiger partial charge in [-0.15, -0.1) is 11.3 Å². The lowest BCUT2D eigenvalue weighted by Crippen LogP contribution is -2.25. The Balaban J connectivity index is 1.09. The molecule has 2 aliphatic rings. The second-order valence-electron chi connectivity index (χ2n) is 14.2. The summed E-state index contributed by atoms with van der Waals surface area (Å²) in [6.07, 6.45) is 0. The van der Waals surface area contributed by atoms with E-state index in [2.05, 4.69) is 176 Å². The highest BCUT2D eigenvalue weighted by molar-refractivity contribution is 7.26. The maximum atomic E-state index is 5.19. The molecule has 8 aromatic carbocycles. The third-order valence-electron chi connectivity index (χ3n) is 11.7.